The number of rotatable bonds is 10. The molecule has 2 unspecified atom stereocenters. The van der Waals surface area contributed by atoms with Gasteiger partial charge in [-0.3, -0.25) is 19.0 Å². The van der Waals surface area contributed by atoms with Crippen molar-refractivity contribution in [2.75, 3.05) is 15.5 Å². The molecule has 0 saturated carbocycles. The molecule has 12 nitrogen and oxygen atoms in total. The summed E-state index contributed by atoms with van der Waals surface area (Å²) in [6.45, 7) is 5.16. The van der Waals surface area contributed by atoms with E-state index in [4.69, 9.17) is 21.0 Å². The summed E-state index contributed by atoms with van der Waals surface area (Å²) in [5.74, 6) is -0.851. The number of carbonyl (C=O) groups is 2. The number of aromatic nitrogens is 2. The highest BCUT2D eigenvalue weighted by Crippen LogP contribution is 2.30. The van der Waals surface area contributed by atoms with E-state index < -0.39 is 23.6 Å². The monoisotopic (exact) mass is 652 g/mol. The van der Waals surface area contributed by atoms with E-state index in [1.807, 2.05) is 0 Å². The Labute approximate surface area is 271 Å². The molecule has 0 spiro atoms. The Kier molecular flexibility index (Phi) is 9.28. The number of aryl methyl sites for hydroxylation is 1. The van der Waals surface area contributed by atoms with E-state index in [0.29, 0.717) is 34.7 Å². The average Bonchev–Trinajstić information content (AvgIpc) is 3.75. The minimum Gasteiger partial charge on any atom is -0.446 e. The Balaban J connectivity index is 1.71. The SMILES string of the molecule is Cc1cc(N(C(C)C#N)C(C)C#N)ccc1N=C(C(=O)Nc1cc(NC=O)ccc1Cl)c1nc2occc2c(=O)n1-c1ccsc1. The number of halogens is 1. The second-order valence-corrected chi connectivity index (χ2v) is 11.2. The molecule has 0 aliphatic rings. The van der Waals surface area contributed by atoms with Crippen molar-refractivity contribution in [2.45, 2.75) is 32.9 Å². The van der Waals surface area contributed by atoms with Crippen molar-refractivity contribution in [1.29, 1.82) is 10.5 Å². The first-order valence-corrected chi connectivity index (χ1v) is 15.1. The molecule has 46 heavy (non-hydrogen) atoms. The van der Waals surface area contributed by atoms with Crippen molar-refractivity contribution >= 4 is 74.8 Å². The van der Waals surface area contributed by atoms with Gasteiger partial charge in [0.1, 0.15) is 17.5 Å². The molecule has 2 amide bonds. The lowest BCUT2D eigenvalue weighted by Crippen LogP contribution is -2.38. The van der Waals surface area contributed by atoms with E-state index >= 15 is 0 Å². The molecule has 0 aliphatic heterocycles. The van der Waals surface area contributed by atoms with Crippen molar-refractivity contribution in [2.24, 2.45) is 4.99 Å². The Hall–Kier alpha value is -5.76. The highest BCUT2D eigenvalue weighted by Gasteiger charge is 2.26. The van der Waals surface area contributed by atoms with Crippen molar-refractivity contribution < 1.29 is 14.0 Å². The van der Waals surface area contributed by atoms with Gasteiger partial charge in [0.2, 0.25) is 12.1 Å². The molecule has 5 rings (SSSR count). The third-order valence-corrected chi connectivity index (χ3v) is 8.05. The van der Waals surface area contributed by atoms with Gasteiger partial charge >= 0.3 is 0 Å². The maximum Gasteiger partial charge on any atom is 0.278 e. The van der Waals surface area contributed by atoms with Gasteiger partial charge in [-0.25, -0.2) is 4.99 Å². The van der Waals surface area contributed by atoms with Crippen molar-refractivity contribution in [3.05, 3.63) is 92.3 Å². The van der Waals surface area contributed by atoms with Crippen LogP contribution < -0.4 is 21.1 Å². The molecule has 0 fully saturated rings. The summed E-state index contributed by atoms with van der Waals surface area (Å²) in [4.78, 5) is 49.9. The third-order valence-electron chi connectivity index (χ3n) is 7.05. The Morgan fingerprint density at radius 1 is 1.15 bits per heavy atom. The van der Waals surface area contributed by atoms with Gasteiger partial charge in [0, 0.05) is 16.8 Å². The van der Waals surface area contributed by atoms with Gasteiger partial charge in [-0.15, -0.1) is 0 Å². The van der Waals surface area contributed by atoms with Crippen molar-refractivity contribution in [3.8, 4) is 17.8 Å². The lowest BCUT2D eigenvalue weighted by atomic mass is 10.1. The number of thiophene rings is 1. The molecule has 3 aromatic heterocycles. The van der Waals surface area contributed by atoms with Crippen molar-refractivity contribution in [1.82, 2.24) is 9.55 Å². The van der Waals surface area contributed by atoms with Crippen LogP contribution >= 0.6 is 22.9 Å². The van der Waals surface area contributed by atoms with Crippen LogP contribution in [0.4, 0.5) is 22.7 Å². The molecule has 2 atom stereocenters. The quantitative estimate of drug-likeness (QED) is 0.137. The molecule has 0 saturated heterocycles. The number of furan rings is 1. The first kappa shape index (κ1) is 31.7. The maximum atomic E-state index is 14.1. The summed E-state index contributed by atoms with van der Waals surface area (Å²) >= 11 is 7.75. The Morgan fingerprint density at radius 3 is 2.57 bits per heavy atom. The van der Waals surface area contributed by atoms with Crippen LogP contribution in [0.15, 0.2) is 79.8 Å². The fourth-order valence-electron chi connectivity index (χ4n) is 4.81. The highest BCUT2D eigenvalue weighted by molar-refractivity contribution is 7.08. The van der Waals surface area contributed by atoms with Crippen LogP contribution in [0.1, 0.15) is 25.2 Å². The van der Waals surface area contributed by atoms with Crippen LogP contribution in [-0.4, -0.2) is 39.7 Å². The van der Waals surface area contributed by atoms with Crippen LogP contribution in [-0.2, 0) is 9.59 Å². The number of fused-ring (bicyclic) bond motifs is 1. The summed E-state index contributed by atoms with van der Waals surface area (Å²) in [5, 5.41) is 28.3. The zero-order valence-corrected chi connectivity index (χ0v) is 26.3. The fourth-order valence-corrected chi connectivity index (χ4v) is 5.60. The normalized spacial score (nSPS) is 12.5. The smallest absolute Gasteiger partial charge is 0.278 e. The molecule has 5 aromatic rings. The van der Waals surface area contributed by atoms with E-state index in [-0.39, 0.29) is 33.3 Å². The van der Waals surface area contributed by atoms with E-state index in [2.05, 4.69) is 27.8 Å². The number of aliphatic imine (C=N–C) groups is 1. The zero-order chi connectivity index (χ0) is 33.0. The van der Waals surface area contributed by atoms with E-state index in [0.717, 1.165) is 0 Å². The highest BCUT2D eigenvalue weighted by atomic mass is 35.5. The van der Waals surface area contributed by atoms with Gasteiger partial charge in [0.15, 0.2) is 11.5 Å². The van der Waals surface area contributed by atoms with E-state index in [9.17, 15) is 24.9 Å². The number of hydrogen-bond acceptors (Lipinski definition) is 10. The Morgan fingerprint density at radius 2 is 1.91 bits per heavy atom. The number of nitrogens with one attached hydrogen (secondary N) is 2. The Bertz CT molecular complexity index is 2100. The summed E-state index contributed by atoms with van der Waals surface area (Å²) in [6.07, 6.45) is 1.83. The molecule has 3 heterocycles. The van der Waals surface area contributed by atoms with Gasteiger partial charge in [0.25, 0.3) is 11.5 Å². The molecule has 0 aliphatic carbocycles. The summed E-state index contributed by atoms with van der Waals surface area (Å²) in [7, 11) is 0. The topological polar surface area (TPSA) is 169 Å². The van der Waals surface area contributed by atoms with Crippen LogP contribution in [0.2, 0.25) is 5.02 Å². The number of amides is 2. The number of hydrogen-bond donors (Lipinski definition) is 2. The van der Waals surface area contributed by atoms with E-state index in [1.165, 1.54) is 40.4 Å². The largest absolute Gasteiger partial charge is 0.446 e. The lowest BCUT2D eigenvalue weighted by Gasteiger charge is -2.29. The van der Waals surface area contributed by atoms with Crippen LogP contribution in [0.25, 0.3) is 16.8 Å². The van der Waals surface area contributed by atoms with Gasteiger partial charge in [-0.1, -0.05) is 11.6 Å². The summed E-state index contributed by atoms with van der Waals surface area (Å²) in [5.41, 5.74) is 1.91. The first-order valence-electron chi connectivity index (χ1n) is 13.8. The zero-order valence-electron chi connectivity index (χ0n) is 24.7. The van der Waals surface area contributed by atoms with Crippen LogP contribution in [0.5, 0.6) is 0 Å². The van der Waals surface area contributed by atoms with Gasteiger partial charge in [-0.05, 0) is 80.2 Å². The number of benzene rings is 2. The second kappa shape index (κ2) is 13.5. The minimum absolute atomic E-state index is 0.0147. The summed E-state index contributed by atoms with van der Waals surface area (Å²) in [6, 6.07) is 16.0. The molecular weight excluding hydrogens is 628 g/mol. The molecule has 0 radical (unpaired) electrons. The molecule has 14 heteroatoms. The predicted molar refractivity (Wildman–Crippen MR) is 177 cm³/mol. The molecular formula is C32H25ClN8O4S. The first-order chi connectivity index (χ1) is 22.2. The summed E-state index contributed by atoms with van der Waals surface area (Å²) < 4.78 is 6.76. The maximum absolute atomic E-state index is 14.1. The third kappa shape index (κ3) is 6.23. The number of nitriles is 2. The molecule has 0 bridgehead atoms. The van der Waals surface area contributed by atoms with Crippen LogP contribution in [0.3, 0.4) is 0 Å². The van der Waals surface area contributed by atoms with Crippen molar-refractivity contribution in [3.63, 3.8) is 0 Å². The second-order valence-electron chi connectivity index (χ2n) is 10.1. The predicted octanol–water partition coefficient (Wildman–Crippen LogP) is 5.96. The molecule has 230 valence electrons. The molecule has 2 aromatic carbocycles. The van der Waals surface area contributed by atoms with Gasteiger partial charge in [-0.2, -0.15) is 26.8 Å². The lowest BCUT2D eigenvalue weighted by molar-refractivity contribution is -0.110. The van der Waals surface area contributed by atoms with Gasteiger partial charge in [0.05, 0.1) is 40.5 Å². The fraction of sp³-hybridized carbons (Fsp3) is 0.156. The number of anilines is 3. The minimum atomic E-state index is -0.756. The number of carbonyl (C=O) groups excluding carboxylic acids is 2. The average molecular weight is 653 g/mol. The molecule has 2 N–H and O–H groups in total. The van der Waals surface area contributed by atoms with E-state index in [1.54, 1.807) is 66.8 Å². The van der Waals surface area contributed by atoms with Crippen LogP contribution in [0, 0.1) is 29.6 Å². The standard InChI is InChI=1S/C32H25ClN8O4S/c1-18-12-22(40(19(2)14-34)20(3)15-35)5-7-26(18)37-28(30(43)38-27-13-21(36-17-42)4-6-25(27)33)29-39-31-24(8-10-45-31)32(44)41(29)23-9-11-46-16-23/h4-13,16-17,19-20H,1-3H3,(H,36,42)(H,38,43). The number of nitrogens with zero attached hydrogens (tertiary/aromatic N) is 6. The van der Waals surface area contributed by atoms with Gasteiger partial charge < -0.3 is 20.0 Å².